The zero-order chi connectivity index (χ0) is 95.7. The molecule has 0 radical (unpaired) electrons. The number of fused-ring (bicyclic) bond motifs is 6. The summed E-state index contributed by atoms with van der Waals surface area (Å²) in [5.41, 5.74) is 17.5. The fourth-order valence-electron chi connectivity index (χ4n) is 16.6. The standard InChI is InChI=1S/C25H24N4O2S.C21H18N4O2.2C20H18N4O2.C19H17N5O3S/c1-16(30)22-11-12-23(32-22)24-19-14-18(9-10-20(19)27-28-24)26-25(31)21-8-5-13-29(21)15-17-6-3-2-4-7-17;26-19(14-5-2-1-3-6-14)12-20(27)23-16-8-9-18-17(11-16)21(25-24-18)15-7-4-10-22-13-15;25-20(16-5-3-9-21-16)22-13-7-8-15-14(11-13)19(24-23-15)18-10-12-4-1-2-6-17(12)26-18;25-18(13-5-2-1-3-6-13)12-19(26)22-14-8-9-16-15(11-14)20(24-23-16)17-7-4-10-21-17;1-26-18-14(10-20-19(22-18)27-2)17-13-8-11(5-6-15(13)23-24-17)21-16(25)9-12-4-3-7-28-12/h2-4,6-7,9-12,14,21H,5,8,13,15H2,1H3,(H,26,31)(H,27,28);1-11,13,19,26H,12H2,(H,23,27)(H,24,25);1-2,4,6-8,10-11,16,21H,3,5,9H2,(H,22,25)(H,23,24);1-11,18,21,25H,12H2,(H,22,26)(H,23,24);3-8,10H,9H2,1-2H3,(H,21,25)(H,23,24)/t21-;19-;16-;18-;/m0100./s1. The molecule has 2 saturated heterocycles. The van der Waals surface area contributed by atoms with Crippen molar-refractivity contribution in [2.24, 2.45) is 0 Å². The van der Waals surface area contributed by atoms with Crippen LogP contribution in [-0.4, -0.2) is 161 Å². The fraction of sp³-hybridized carbons (Fsp3) is 0.162. The van der Waals surface area contributed by atoms with E-state index in [4.69, 9.17) is 13.9 Å². The van der Waals surface area contributed by atoms with Crippen LogP contribution in [0.1, 0.15) is 88.9 Å². The molecule has 2 aliphatic heterocycles. The van der Waals surface area contributed by atoms with Gasteiger partial charge in [-0.05, 0) is 213 Å². The first kappa shape index (κ1) is 92.7. The van der Waals surface area contributed by atoms with Gasteiger partial charge in [-0.2, -0.15) is 30.5 Å². The summed E-state index contributed by atoms with van der Waals surface area (Å²) in [4.78, 5) is 94.5. The number of pyridine rings is 1. The van der Waals surface area contributed by atoms with Crippen molar-refractivity contribution in [2.75, 3.05) is 53.9 Å². The number of aliphatic hydroxyl groups is 2. The van der Waals surface area contributed by atoms with E-state index in [2.05, 4.69) is 120 Å². The first-order chi connectivity index (χ1) is 67.9. The Kier molecular flexibility index (Phi) is 28.9. The van der Waals surface area contributed by atoms with Gasteiger partial charge in [0, 0.05) is 103 Å². The molecule has 698 valence electrons. The van der Waals surface area contributed by atoms with Gasteiger partial charge in [-0.1, -0.05) is 115 Å². The molecule has 13 heterocycles. The second-order valence-corrected chi connectivity index (χ2v) is 35.2. The number of nitrogens with zero attached hydrogens (tertiary/aromatic N) is 9. The number of rotatable bonds is 25. The van der Waals surface area contributed by atoms with Gasteiger partial charge in [0.1, 0.15) is 34.1 Å². The molecule has 2 aliphatic rings. The van der Waals surface area contributed by atoms with E-state index in [1.165, 1.54) is 31.1 Å². The quantitative estimate of drug-likeness (QED) is 0.0236. The number of benzene rings is 9. The highest BCUT2D eigenvalue weighted by Gasteiger charge is 2.32. The second kappa shape index (κ2) is 43.3. The Labute approximate surface area is 802 Å². The molecule has 0 saturated carbocycles. The van der Waals surface area contributed by atoms with Crippen molar-refractivity contribution in [1.82, 2.24) is 81.1 Å². The smallest absolute Gasteiger partial charge is 0.319 e. The molecular formula is C105H95N21O11S2. The number of thiophene rings is 2. The molecule has 22 rings (SSSR count). The number of ether oxygens (including phenoxy) is 2. The lowest BCUT2D eigenvalue weighted by molar-refractivity contribution is -0.121. The van der Waals surface area contributed by atoms with E-state index >= 15 is 0 Å². The van der Waals surface area contributed by atoms with Gasteiger partial charge in [0.15, 0.2) is 11.5 Å². The largest absolute Gasteiger partial charge is 0.480 e. The number of anilines is 5. The molecule has 4 atom stereocenters. The van der Waals surface area contributed by atoms with Crippen LogP contribution in [-0.2, 0) is 36.9 Å². The van der Waals surface area contributed by atoms with Crippen LogP contribution in [0.3, 0.4) is 0 Å². The predicted molar refractivity (Wildman–Crippen MR) is 540 cm³/mol. The summed E-state index contributed by atoms with van der Waals surface area (Å²) < 4.78 is 16.3. The number of Topliss-reactive ketones (excluding diaryl/α,β-unsaturated/α-hetero) is 1. The summed E-state index contributed by atoms with van der Waals surface area (Å²) in [6.45, 7) is 4.17. The zero-order valence-corrected chi connectivity index (χ0v) is 77.1. The Hall–Kier alpha value is -16.8. The van der Waals surface area contributed by atoms with Crippen LogP contribution >= 0.6 is 22.7 Å². The molecule has 34 heteroatoms. The molecule has 0 unspecified atom stereocenters. The summed E-state index contributed by atoms with van der Waals surface area (Å²) in [6, 6.07) is 81.9. The van der Waals surface area contributed by atoms with Crippen LogP contribution < -0.4 is 41.4 Å². The maximum absolute atomic E-state index is 13.1. The van der Waals surface area contributed by atoms with Gasteiger partial charge in [0.2, 0.25) is 35.4 Å². The molecule has 5 amide bonds. The average molecular weight is 1890 g/mol. The minimum Gasteiger partial charge on any atom is -0.480 e. The maximum atomic E-state index is 13.1. The highest BCUT2D eigenvalue weighted by molar-refractivity contribution is 7.17. The fourth-order valence-corrected chi connectivity index (χ4v) is 18.2. The van der Waals surface area contributed by atoms with Crippen LogP contribution in [0.5, 0.6) is 11.9 Å². The number of furan rings is 1. The number of amides is 5. The highest BCUT2D eigenvalue weighted by atomic mass is 32.1. The molecule has 0 aliphatic carbocycles. The van der Waals surface area contributed by atoms with E-state index in [0.717, 1.165) is 177 Å². The number of aromatic nitrogens is 14. The lowest BCUT2D eigenvalue weighted by Gasteiger charge is -2.23. The van der Waals surface area contributed by atoms with Crippen molar-refractivity contribution in [3.8, 4) is 67.8 Å². The van der Waals surface area contributed by atoms with E-state index in [1.807, 2.05) is 230 Å². The number of H-pyrrole nitrogens is 6. The van der Waals surface area contributed by atoms with Crippen molar-refractivity contribution < 1.29 is 52.9 Å². The molecule has 0 spiro atoms. The summed E-state index contributed by atoms with van der Waals surface area (Å²) in [5, 5.41) is 82.8. The van der Waals surface area contributed by atoms with Crippen LogP contribution in [0.4, 0.5) is 28.4 Å². The van der Waals surface area contributed by atoms with Gasteiger partial charge in [-0.3, -0.25) is 64.1 Å². The lowest BCUT2D eigenvalue weighted by Crippen LogP contribution is -2.39. The molecule has 11 aromatic heterocycles. The number of carbonyl (C=O) groups is 6. The number of aromatic amines is 6. The first-order valence-electron chi connectivity index (χ1n) is 45.0. The van der Waals surface area contributed by atoms with E-state index in [0.29, 0.717) is 51.3 Å². The minimum atomic E-state index is -0.838. The van der Waals surface area contributed by atoms with Crippen LogP contribution in [0.25, 0.3) is 121 Å². The number of likely N-dealkylation sites (tertiary alicyclic amines) is 1. The van der Waals surface area contributed by atoms with Crippen LogP contribution in [0, 0.1) is 0 Å². The molecular weight excluding hydrogens is 1800 g/mol. The summed E-state index contributed by atoms with van der Waals surface area (Å²) in [7, 11) is 3.01. The summed E-state index contributed by atoms with van der Waals surface area (Å²) in [5.74, 6) is 0.574. The second-order valence-electron chi connectivity index (χ2n) is 33.0. The maximum Gasteiger partial charge on any atom is 0.319 e. The van der Waals surface area contributed by atoms with Crippen LogP contribution in [0.15, 0.2) is 295 Å². The number of para-hydroxylation sites is 1. The van der Waals surface area contributed by atoms with Gasteiger partial charge in [-0.15, -0.1) is 22.7 Å². The number of hydrogen-bond acceptors (Lipinski definition) is 23. The monoisotopic (exact) mass is 1890 g/mol. The number of ketones is 1. The summed E-state index contributed by atoms with van der Waals surface area (Å²) in [6.07, 6.45) is 9.35. The lowest BCUT2D eigenvalue weighted by atomic mass is 10.1. The van der Waals surface area contributed by atoms with Gasteiger partial charge in [-0.25, -0.2) is 4.98 Å². The number of aliphatic hydroxyl groups excluding tert-OH is 2. The van der Waals surface area contributed by atoms with Gasteiger partial charge in [0.05, 0.1) is 106 Å². The molecule has 14 N–H and O–H groups in total. The average Bonchev–Trinajstić information content (AvgIpc) is 1.64. The van der Waals surface area contributed by atoms with Crippen molar-refractivity contribution in [3.05, 3.63) is 317 Å². The van der Waals surface area contributed by atoms with E-state index < -0.39 is 12.2 Å². The zero-order valence-electron chi connectivity index (χ0n) is 75.5. The van der Waals surface area contributed by atoms with Crippen LogP contribution in [0.2, 0.25) is 0 Å². The van der Waals surface area contributed by atoms with Crippen molar-refractivity contribution in [3.63, 3.8) is 0 Å². The molecule has 20 aromatic rings. The normalized spacial score (nSPS) is 13.8. The Morgan fingerprint density at radius 3 is 1.61 bits per heavy atom. The Balaban J connectivity index is 0.000000115. The first-order valence-corrected chi connectivity index (χ1v) is 46.7. The third-order valence-electron chi connectivity index (χ3n) is 23.5. The third kappa shape index (κ3) is 22.4. The molecule has 32 nitrogen and oxygen atoms in total. The number of nitrogens with one attached hydrogen (secondary N) is 12. The Bertz CT molecular complexity index is 7650. The van der Waals surface area contributed by atoms with Gasteiger partial charge < -0.3 is 61.0 Å². The third-order valence-corrected chi connectivity index (χ3v) is 25.6. The summed E-state index contributed by atoms with van der Waals surface area (Å²) >= 11 is 2.99. The number of methoxy groups -OCH3 is 2. The van der Waals surface area contributed by atoms with Gasteiger partial charge >= 0.3 is 6.01 Å². The topological polar surface area (TPSA) is 448 Å². The number of hydrogen-bond donors (Lipinski definition) is 14. The number of carbonyl (C=O) groups excluding carboxylic acids is 6. The SMILES string of the molecule is CC(=O)c1ccc(-c2n[nH]c3ccc(NC(=O)[C@@H]4CCCN4Cc4ccccc4)cc23)s1.COc1ncc(-c2n[nH]c3ccc(NC(=O)Cc4cccs4)cc23)c(OC)n1.O=C(C[C@@H](O)c1ccccc1)Nc1ccc2[nH]nc(-c3cccnc3)c2c1.O=C(C[C@H](O)c1ccccc1)Nc1ccc2[nH]nc(-c3ccc[nH]3)c2c1.O=C(Nc1ccc2[nH]nc(-c3cc4ccccc4o3)c2c1)[C@@H]1CCCN1. The highest BCUT2D eigenvalue weighted by Crippen LogP contribution is 2.39. The predicted octanol–water partition coefficient (Wildman–Crippen LogP) is 19.4. The molecule has 2 fully saturated rings. The van der Waals surface area contributed by atoms with E-state index in [9.17, 15) is 39.0 Å². The van der Waals surface area contributed by atoms with E-state index in [1.54, 1.807) is 67.2 Å². The molecule has 139 heavy (non-hydrogen) atoms. The van der Waals surface area contributed by atoms with Crippen molar-refractivity contribution in [2.45, 2.75) is 82.7 Å². The minimum absolute atomic E-state index is 0.00305. The Morgan fingerprint density at radius 1 is 0.511 bits per heavy atom. The van der Waals surface area contributed by atoms with E-state index in [-0.39, 0.29) is 66.3 Å². The Morgan fingerprint density at radius 2 is 1.06 bits per heavy atom. The molecule has 9 aromatic carbocycles. The van der Waals surface area contributed by atoms with Gasteiger partial charge in [0.25, 0.3) is 0 Å². The van der Waals surface area contributed by atoms with Crippen molar-refractivity contribution in [1.29, 1.82) is 0 Å². The molecule has 0 bridgehead atoms. The van der Waals surface area contributed by atoms with Crippen molar-refractivity contribution >= 4 is 152 Å².